The summed E-state index contributed by atoms with van der Waals surface area (Å²) in [6.45, 7) is 0. The normalized spacial score (nSPS) is 24.8. The minimum atomic E-state index is -0.295. The molecule has 1 aromatic rings. The lowest BCUT2D eigenvalue weighted by Gasteiger charge is -2.16. The van der Waals surface area contributed by atoms with E-state index in [2.05, 4.69) is 21.5 Å². The number of rotatable bonds is 6. The number of urea groups is 1. The van der Waals surface area contributed by atoms with Gasteiger partial charge in [-0.25, -0.2) is 4.79 Å². The number of unbranched alkanes of at least 4 members (excludes halogenated alkanes) is 1. The second kappa shape index (κ2) is 7.89. The van der Waals surface area contributed by atoms with E-state index in [-0.39, 0.29) is 29.9 Å². The molecule has 2 aliphatic heterocycles. The van der Waals surface area contributed by atoms with Crippen LogP contribution in [-0.2, 0) is 4.79 Å². The highest BCUT2D eigenvalue weighted by atomic mass is 32.2. The third kappa shape index (κ3) is 4.21. The van der Waals surface area contributed by atoms with E-state index in [1.54, 1.807) is 12.1 Å². The molecule has 0 aromatic carbocycles. The van der Waals surface area contributed by atoms with Crippen molar-refractivity contribution in [3.05, 3.63) is 22.4 Å². The Morgan fingerprint density at radius 1 is 1.25 bits per heavy atom. The zero-order valence-electron chi connectivity index (χ0n) is 13.0. The molecule has 130 valence electrons. The molecule has 0 spiro atoms. The molecule has 0 bridgehead atoms. The van der Waals surface area contributed by atoms with Gasteiger partial charge in [0.25, 0.3) is 5.91 Å². The highest BCUT2D eigenvalue weighted by molar-refractivity contribution is 8.00. The molecule has 2 saturated heterocycles. The molecule has 2 aliphatic rings. The molecular weight excluding hydrogens is 348 g/mol. The SMILES string of the molecule is O=C(CCCC[C@@H]1SC[C@H]2NC(=O)N[C@H]12)NNC(=O)c1cccs1. The number of thiophene rings is 1. The average molecular weight is 368 g/mol. The lowest BCUT2D eigenvalue weighted by atomic mass is 10.0. The first-order valence-electron chi connectivity index (χ1n) is 7.95. The number of hydrogen-bond donors (Lipinski definition) is 4. The van der Waals surface area contributed by atoms with Gasteiger partial charge in [0.2, 0.25) is 5.91 Å². The largest absolute Gasteiger partial charge is 0.332 e. The Morgan fingerprint density at radius 3 is 2.92 bits per heavy atom. The molecular formula is C15H20N4O3S2. The number of carbonyl (C=O) groups is 3. The summed E-state index contributed by atoms with van der Waals surface area (Å²) < 4.78 is 0. The number of carbonyl (C=O) groups excluding carboxylic acids is 3. The molecule has 0 unspecified atom stereocenters. The number of fused-ring (bicyclic) bond motifs is 1. The number of hydrogen-bond acceptors (Lipinski definition) is 5. The summed E-state index contributed by atoms with van der Waals surface area (Å²) in [5.74, 6) is 0.465. The quantitative estimate of drug-likeness (QED) is 0.345. The molecule has 0 aliphatic carbocycles. The van der Waals surface area contributed by atoms with Crippen LogP contribution < -0.4 is 21.5 Å². The van der Waals surface area contributed by atoms with Crippen LogP contribution in [0, 0.1) is 0 Å². The minimum Gasteiger partial charge on any atom is -0.332 e. The first-order valence-corrected chi connectivity index (χ1v) is 9.87. The van der Waals surface area contributed by atoms with Crippen molar-refractivity contribution in [2.24, 2.45) is 0 Å². The molecule has 3 atom stereocenters. The fourth-order valence-corrected chi connectivity index (χ4v) is 5.09. The fraction of sp³-hybridized carbons (Fsp3) is 0.533. The Morgan fingerprint density at radius 2 is 2.12 bits per heavy atom. The molecule has 0 saturated carbocycles. The van der Waals surface area contributed by atoms with Crippen molar-refractivity contribution >= 4 is 40.9 Å². The Labute approximate surface area is 148 Å². The van der Waals surface area contributed by atoms with Gasteiger partial charge in [-0.05, 0) is 24.3 Å². The summed E-state index contributed by atoms with van der Waals surface area (Å²) in [6, 6.07) is 3.87. The molecule has 4 N–H and O–H groups in total. The summed E-state index contributed by atoms with van der Waals surface area (Å²) in [7, 11) is 0. The van der Waals surface area contributed by atoms with Crippen molar-refractivity contribution in [1.82, 2.24) is 21.5 Å². The molecule has 2 fully saturated rings. The van der Waals surface area contributed by atoms with Crippen molar-refractivity contribution in [2.75, 3.05) is 5.75 Å². The molecule has 0 radical (unpaired) electrons. The second-order valence-corrected chi connectivity index (χ2v) is 8.07. The molecule has 3 heterocycles. The smallest absolute Gasteiger partial charge is 0.315 e. The van der Waals surface area contributed by atoms with Crippen LogP contribution in [0.15, 0.2) is 17.5 Å². The van der Waals surface area contributed by atoms with E-state index in [1.165, 1.54) is 11.3 Å². The standard InChI is InChI=1S/C15H20N4O3S2/c20-12(18-19-14(21)11-5-3-7-23-11)6-2-1-4-10-13-9(8-24-10)16-15(22)17-13/h3,5,7,9-10,13H,1-2,4,6,8H2,(H,18,20)(H,19,21)(H2,16,17,22)/t9-,10+,13+/m1/s1. The maximum Gasteiger partial charge on any atom is 0.315 e. The lowest BCUT2D eigenvalue weighted by molar-refractivity contribution is -0.122. The maximum atomic E-state index is 11.7. The van der Waals surface area contributed by atoms with Gasteiger partial charge in [0.05, 0.1) is 17.0 Å². The van der Waals surface area contributed by atoms with Crippen molar-refractivity contribution in [3.63, 3.8) is 0 Å². The van der Waals surface area contributed by atoms with Crippen LogP contribution in [0.3, 0.4) is 0 Å². The molecule has 9 heteroatoms. The number of hydrazine groups is 1. The topological polar surface area (TPSA) is 99.3 Å². The predicted molar refractivity (Wildman–Crippen MR) is 93.9 cm³/mol. The van der Waals surface area contributed by atoms with Gasteiger partial charge < -0.3 is 10.6 Å². The second-order valence-electron chi connectivity index (χ2n) is 5.85. The zero-order chi connectivity index (χ0) is 16.9. The Hall–Kier alpha value is -1.74. The van der Waals surface area contributed by atoms with Crippen molar-refractivity contribution < 1.29 is 14.4 Å². The summed E-state index contributed by atoms with van der Waals surface area (Å²) >= 11 is 3.20. The van der Waals surface area contributed by atoms with Crippen LogP contribution in [-0.4, -0.2) is 40.9 Å². The lowest BCUT2D eigenvalue weighted by Crippen LogP contribution is -2.41. The summed E-state index contributed by atoms with van der Waals surface area (Å²) in [6.07, 6.45) is 3.03. The van der Waals surface area contributed by atoms with E-state index in [1.807, 2.05) is 17.1 Å². The summed E-state index contributed by atoms with van der Waals surface area (Å²) in [4.78, 5) is 35.3. The van der Waals surface area contributed by atoms with Crippen LogP contribution in [0.5, 0.6) is 0 Å². The van der Waals surface area contributed by atoms with Crippen LogP contribution in [0.1, 0.15) is 35.4 Å². The van der Waals surface area contributed by atoms with E-state index >= 15 is 0 Å². The molecule has 4 amide bonds. The average Bonchev–Trinajstić information content (AvgIpc) is 3.27. The van der Waals surface area contributed by atoms with E-state index in [4.69, 9.17) is 0 Å². The molecule has 24 heavy (non-hydrogen) atoms. The molecule has 1 aromatic heterocycles. The Balaban J connectivity index is 1.29. The Bertz CT molecular complexity index is 608. The molecule has 3 rings (SSSR count). The Kier molecular flexibility index (Phi) is 5.62. The third-order valence-electron chi connectivity index (χ3n) is 4.14. The highest BCUT2D eigenvalue weighted by Crippen LogP contribution is 2.33. The first kappa shape index (κ1) is 17.1. The van der Waals surface area contributed by atoms with Gasteiger partial charge in [-0.2, -0.15) is 11.8 Å². The van der Waals surface area contributed by atoms with Crippen LogP contribution >= 0.6 is 23.1 Å². The third-order valence-corrected chi connectivity index (χ3v) is 6.52. The van der Waals surface area contributed by atoms with Gasteiger partial charge in [-0.15, -0.1) is 11.3 Å². The van der Waals surface area contributed by atoms with Crippen LogP contribution in [0.2, 0.25) is 0 Å². The predicted octanol–water partition coefficient (Wildman–Crippen LogP) is 1.23. The van der Waals surface area contributed by atoms with Crippen molar-refractivity contribution in [2.45, 2.75) is 43.0 Å². The summed E-state index contributed by atoms with van der Waals surface area (Å²) in [5.41, 5.74) is 4.85. The van der Waals surface area contributed by atoms with Gasteiger partial charge >= 0.3 is 6.03 Å². The van der Waals surface area contributed by atoms with Crippen LogP contribution in [0.25, 0.3) is 0 Å². The van der Waals surface area contributed by atoms with Gasteiger partial charge in [0.1, 0.15) is 0 Å². The number of amides is 4. The maximum absolute atomic E-state index is 11.7. The number of thioether (sulfide) groups is 1. The van der Waals surface area contributed by atoms with E-state index < -0.39 is 0 Å². The van der Waals surface area contributed by atoms with Crippen molar-refractivity contribution in [1.29, 1.82) is 0 Å². The number of nitrogens with one attached hydrogen (secondary N) is 4. The summed E-state index contributed by atoms with van der Waals surface area (Å²) in [5, 5.41) is 8.11. The van der Waals surface area contributed by atoms with Gasteiger partial charge in [0.15, 0.2) is 0 Å². The zero-order valence-corrected chi connectivity index (χ0v) is 14.7. The van der Waals surface area contributed by atoms with E-state index in [0.717, 1.165) is 25.0 Å². The van der Waals surface area contributed by atoms with Gasteiger partial charge in [-0.1, -0.05) is 12.5 Å². The van der Waals surface area contributed by atoms with Gasteiger partial charge in [0, 0.05) is 17.4 Å². The van der Waals surface area contributed by atoms with Crippen LogP contribution in [0.4, 0.5) is 4.79 Å². The fourth-order valence-electron chi connectivity index (χ4n) is 2.93. The van der Waals surface area contributed by atoms with Crippen molar-refractivity contribution in [3.8, 4) is 0 Å². The van der Waals surface area contributed by atoms with E-state index in [0.29, 0.717) is 16.5 Å². The molecule has 7 nitrogen and oxygen atoms in total. The monoisotopic (exact) mass is 368 g/mol. The van der Waals surface area contributed by atoms with Gasteiger partial charge in [-0.3, -0.25) is 20.4 Å². The van der Waals surface area contributed by atoms with E-state index in [9.17, 15) is 14.4 Å². The highest BCUT2D eigenvalue weighted by Gasteiger charge is 2.42. The first-order chi connectivity index (χ1) is 11.6. The minimum absolute atomic E-state index is 0.0730.